The number of hydrogen-bond acceptors (Lipinski definition) is 9. The third-order valence-corrected chi connectivity index (χ3v) is 9.28. The van der Waals surface area contributed by atoms with Crippen molar-refractivity contribution in [1.29, 1.82) is 0 Å². The first kappa shape index (κ1) is 32.7. The van der Waals surface area contributed by atoms with Crippen molar-refractivity contribution in [3.05, 3.63) is 71.2 Å². The molecule has 2 aromatic carbocycles. The predicted octanol–water partition coefficient (Wildman–Crippen LogP) is 3.90. The molecule has 2 aliphatic rings. The van der Waals surface area contributed by atoms with Gasteiger partial charge in [-0.2, -0.15) is 13.2 Å². The van der Waals surface area contributed by atoms with Crippen LogP contribution < -0.4 is 0 Å². The minimum Gasteiger partial charge on any atom is -0.394 e. The molecule has 0 spiro atoms. The van der Waals surface area contributed by atoms with Gasteiger partial charge in [-0.05, 0) is 36.6 Å². The van der Waals surface area contributed by atoms with E-state index in [1.54, 1.807) is 4.90 Å². The van der Waals surface area contributed by atoms with E-state index in [1.807, 2.05) is 0 Å². The number of aliphatic hydroxyl groups is 3. The maximum Gasteiger partial charge on any atom is 0.416 e. The van der Waals surface area contributed by atoms with Crippen molar-refractivity contribution in [1.82, 2.24) is 19.9 Å². The highest BCUT2D eigenvalue weighted by Crippen LogP contribution is 2.47. The van der Waals surface area contributed by atoms with Gasteiger partial charge in [0.2, 0.25) is 0 Å². The zero-order valence-electron chi connectivity index (χ0n) is 23.2. The molecule has 16 heteroatoms. The molecule has 2 aliphatic heterocycles. The molecule has 2 fully saturated rings. The fraction of sp³-hybridized carbons (Fsp3) is 0.500. The maximum absolute atomic E-state index is 14.1. The van der Waals surface area contributed by atoms with Crippen LogP contribution in [0.3, 0.4) is 0 Å². The minimum absolute atomic E-state index is 0.0357. The van der Waals surface area contributed by atoms with E-state index in [9.17, 15) is 41.7 Å². The number of aliphatic hydroxyl groups excluding tert-OH is 3. The fourth-order valence-corrected chi connectivity index (χ4v) is 7.18. The van der Waals surface area contributed by atoms with Gasteiger partial charge in [0.1, 0.15) is 35.5 Å². The van der Waals surface area contributed by atoms with Crippen LogP contribution in [0, 0.1) is 17.5 Å². The van der Waals surface area contributed by atoms with Crippen molar-refractivity contribution >= 4 is 11.8 Å². The van der Waals surface area contributed by atoms with Crippen molar-refractivity contribution in [2.24, 2.45) is 0 Å². The van der Waals surface area contributed by atoms with Crippen LogP contribution >= 0.6 is 11.8 Å². The van der Waals surface area contributed by atoms with Gasteiger partial charge < -0.3 is 24.8 Å². The van der Waals surface area contributed by atoms with Gasteiger partial charge in [0, 0.05) is 25.8 Å². The number of nitrogens with zero attached hydrogens (tertiary/aromatic N) is 4. The Morgan fingerprint density at radius 3 is 2.36 bits per heavy atom. The Balaban J connectivity index is 1.51. The highest BCUT2D eigenvalue weighted by molar-refractivity contribution is 8.00. The summed E-state index contributed by atoms with van der Waals surface area (Å²) in [4.78, 5) is 1.80. The first-order valence-electron chi connectivity index (χ1n) is 13.7. The number of halogens is 6. The molecule has 0 bridgehead atoms. The fourth-order valence-electron chi connectivity index (χ4n) is 5.56. The summed E-state index contributed by atoms with van der Waals surface area (Å²) < 4.78 is 96.6. The zero-order valence-corrected chi connectivity index (χ0v) is 24.1. The van der Waals surface area contributed by atoms with Crippen LogP contribution in [0.2, 0.25) is 0 Å². The first-order chi connectivity index (χ1) is 20.9. The van der Waals surface area contributed by atoms with Gasteiger partial charge in [0.05, 0.1) is 29.8 Å². The third-order valence-electron chi connectivity index (χ3n) is 7.82. The van der Waals surface area contributed by atoms with E-state index in [4.69, 9.17) is 9.47 Å². The van der Waals surface area contributed by atoms with E-state index in [0.29, 0.717) is 25.9 Å². The Morgan fingerprint density at radius 1 is 1.09 bits per heavy atom. The summed E-state index contributed by atoms with van der Waals surface area (Å²) in [6.07, 6.45) is -7.07. The maximum atomic E-state index is 14.1. The average molecular weight is 649 g/mol. The molecule has 3 N–H and O–H groups in total. The highest BCUT2D eigenvalue weighted by Gasteiger charge is 2.49. The molecule has 240 valence electrons. The summed E-state index contributed by atoms with van der Waals surface area (Å²) in [6.45, 7) is -0.0784. The Hall–Kier alpha value is -2.73. The van der Waals surface area contributed by atoms with Gasteiger partial charge in [0.25, 0.3) is 0 Å². The lowest BCUT2D eigenvalue weighted by atomic mass is 9.97. The molecule has 0 amide bonds. The molecule has 1 unspecified atom stereocenters. The smallest absolute Gasteiger partial charge is 0.394 e. The van der Waals surface area contributed by atoms with E-state index in [0.717, 1.165) is 34.6 Å². The third kappa shape index (κ3) is 6.61. The summed E-state index contributed by atoms with van der Waals surface area (Å²) in [5.41, 5.74) is -2.15. The average Bonchev–Trinajstić information content (AvgIpc) is 3.48. The second kappa shape index (κ2) is 13.3. The molecule has 1 aromatic heterocycles. The quantitative estimate of drug-likeness (QED) is 0.247. The molecule has 44 heavy (non-hydrogen) atoms. The number of benzene rings is 2. The highest BCUT2D eigenvalue weighted by atomic mass is 32.2. The van der Waals surface area contributed by atoms with Crippen molar-refractivity contribution in [3.63, 3.8) is 0 Å². The van der Waals surface area contributed by atoms with E-state index in [-0.39, 0.29) is 16.8 Å². The second-order valence-corrected chi connectivity index (χ2v) is 11.8. The Labute approximate surface area is 252 Å². The summed E-state index contributed by atoms with van der Waals surface area (Å²) >= 11 is 0.990. The number of alkyl halides is 3. The largest absolute Gasteiger partial charge is 0.416 e. The molecule has 0 radical (unpaired) electrons. The van der Waals surface area contributed by atoms with E-state index >= 15 is 0 Å². The molecule has 3 aromatic rings. The van der Waals surface area contributed by atoms with E-state index in [1.165, 1.54) is 31.5 Å². The van der Waals surface area contributed by atoms with Gasteiger partial charge in [0.15, 0.2) is 17.5 Å². The number of methoxy groups -OCH3 is 1. The molecular formula is C28H30F6N4O5S. The topological polar surface area (TPSA) is 113 Å². The standard InChI is InChI=1S/C28H30F6N4O5S/c1-42-25-23(38-12-20(35-36-38)14-10-18(29)22(31)19(30)11-14)24(41)21(13-39)43-27(25)44-26(37-8-6-15(40)7-9-37)16-4-2-3-5-17(16)28(32,33)34/h2-5,10-12,15,21,23-27,39-41H,6-9,13H2,1H3/t21-,23+,24+,25-,26?,27+/m1/s1. The number of rotatable bonds is 8. The molecule has 2 saturated heterocycles. The Bertz CT molecular complexity index is 1420. The SMILES string of the molecule is CO[C@@H]1[C@@H](n2cc(-c3cc(F)c(F)c(F)c3)nn2)[C@@H](O)[C@@H](CO)O[C@H]1SC(c1ccccc1C(F)(F)F)N1CCC(O)CC1. The molecule has 0 saturated carbocycles. The van der Waals surface area contributed by atoms with Crippen LogP contribution in [0.15, 0.2) is 42.6 Å². The number of piperidine rings is 1. The van der Waals surface area contributed by atoms with Gasteiger partial charge in [-0.15, -0.1) is 16.9 Å². The monoisotopic (exact) mass is 648 g/mol. The van der Waals surface area contributed by atoms with E-state index < -0.39 is 77.1 Å². The van der Waals surface area contributed by atoms with Gasteiger partial charge >= 0.3 is 6.18 Å². The number of likely N-dealkylation sites (tertiary alicyclic amines) is 1. The summed E-state index contributed by atoms with van der Waals surface area (Å²) in [6, 6.07) is 5.48. The van der Waals surface area contributed by atoms with Gasteiger partial charge in [-0.25, -0.2) is 17.9 Å². The van der Waals surface area contributed by atoms with Crippen molar-refractivity contribution in [2.45, 2.75) is 60.3 Å². The van der Waals surface area contributed by atoms with Crippen LogP contribution in [-0.2, 0) is 15.7 Å². The second-order valence-electron chi connectivity index (χ2n) is 10.6. The number of ether oxygens (including phenoxy) is 2. The molecule has 5 rings (SSSR count). The lowest BCUT2D eigenvalue weighted by Gasteiger charge is -2.46. The minimum atomic E-state index is -4.67. The normalized spacial score (nSPS) is 26.2. The Kier molecular flexibility index (Phi) is 9.89. The van der Waals surface area contributed by atoms with Crippen molar-refractivity contribution < 1.29 is 51.1 Å². The van der Waals surface area contributed by atoms with Gasteiger partial charge in [-0.3, -0.25) is 4.90 Å². The van der Waals surface area contributed by atoms with Crippen molar-refractivity contribution in [2.75, 3.05) is 26.8 Å². The molecular weight excluding hydrogens is 618 g/mol. The Morgan fingerprint density at radius 2 is 1.75 bits per heavy atom. The predicted molar refractivity (Wildman–Crippen MR) is 146 cm³/mol. The molecule has 0 aliphatic carbocycles. The summed E-state index contributed by atoms with van der Waals surface area (Å²) in [5.74, 6) is -4.54. The summed E-state index contributed by atoms with van der Waals surface area (Å²) in [5, 5.41) is 38.2. The van der Waals surface area contributed by atoms with E-state index in [2.05, 4.69) is 10.3 Å². The van der Waals surface area contributed by atoms with Crippen LogP contribution in [0.1, 0.15) is 35.4 Å². The molecule has 9 nitrogen and oxygen atoms in total. The van der Waals surface area contributed by atoms with Crippen LogP contribution in [-0.4, -0.2) is 91.9 Å². The lowest BCUT2D eigenvalue weighted by Crippen LogP contribution is -2.56. The van der Waals surface area contributed by atoms with Crippen molar-refractivity contribution in [3.8, 4) is 11.3 Å². The van der Waals surface area contributed by atoms with Gasteiger partial charge in [-0.1, -0.05) is 23.4 Å². The lowest BCUT2D eigenvalue weighted by molar-refractivity contribution is -0.186. The zero-order chi connectivity index (χ0) is 31.8. The van der Waals surface area contributed by atoms with Crippen LogP contribution in [0.5, 0.6) is 0 Å². The molecule has 6 atom stereocenters. The summed E-state index contributed by atoms with van der Waals surface area (Å²) in [7, 11) is 1.30. The number of aromatic nitrogens is 3. The number of hydrogen-bond donors (Lipinski definition) is 3. The number of thioether (sulfide) groups is 1. The first-order valence-corrected chi connectivity index (χ1v) is 14.6. The molecule has 3 heterocycles. The van der Waals surface area contributed by atoms with Crippen LogP contribution in [0.25, 0.3) is 11.3 Å². The van der Waals surface area contributed by atoms with Crippen LogP contribution in [0.4, 0.5) is 26.3 Å².